The molecule has 0 atom stereocenters. The van der Waals surface area contributed by atoms with Gasteiger partial charge in [0.05, 0.1) is 19.0 Å². The van der Waals surface area contributed by atoms with Crippen molar-refractivity contribution in [1.82, 2.24) is 14.5 Å². The molecule has 7 heteroatoms. The van der Waals surface area contributed by atoms with Gasteiger partial charge in [-0.1, -0.05) is 24.3 Å². The zero-order valence-corrected chi connectivity index (χ0v) is 18.0. The van der Waals surface area contributed by atoms with Gasteiger partial charge in [-0.25, -0.2) is 4.98 Å². The number of benzene rings is 2. The average Bonchev–Trinajstić information content (AvgIpc) is 3.34. The van der Waals surface area contributed by atoms with Crippen molar-refractivity contribution in [3.63, 3.8) is 0 Å². The van der Waals surface area contributed by atoms with Gasteiger partial charge in [-0.2, -0.15) is 0 Å². The Morgan fingerprint density at radius 1 is 1.23 bits per heavy atom. The minimum absolute atomic E-state index is 0.170. The summed E-state index contributed by atoms with van der Waals surface area (Å²) in [7, 11) is 3.51. The third kappa shape index (κ3) is 4.30. The number of imidazole rings is 1. The maximum atomic E-state index is 12.8. The van der Waals surface area contributed by atoms with E-state index < -0.39 is 0 Å². The number of nitrogens with zero attached hydrogens (tertiary/aromatic N) is 3. The summed E-state index contributed by atoms with van der Waals surface area (Å²) in [4.78, 5) is 30.9. The van der Waals surface area contributed by atoms with E-state index in [0.29, 0.717) is 24.5 Å². The third-order valence-electron chi connectivity index (χ3n) is 5.65. The Morgan fingerprint density at radius 3 is 2.81 bits per heavy atom. The van der Waals surface area contributed by atoms with Crippen LogP contribution in [0.2, 0.25) is 0 Å². The Morgan fingerprint density at radius 2 is 2.06 bits per heavy atom. The summed E-state index contributed by atoms with van der Waals surface area (Å²) in [5, 5.41) is 2.89. The molecule has 2 heterocycles. The van der Waals surface area contributed by atoms with Gasteiger partial charge in [-0.15, -0.1) is 0 Å². The molecule has 0 aliphatic carbocycles. The van der Waals surface area contributed by atoms with Gasteiger partial charge < -0.3 is 14.2 Å². The molecular formula is C24H26N4O3. The number of nitrogens with one attached hydrogen (secondary N) is 1. The molecule has 0 radical (unpaired) electrons. The van der Waals surface area contributed by atoms with Gasteiger partial charge in [-0.3, -0.25) is 14.9 Å². The summed E-state index contributed by atoms with van der Waals surface area (Å²) in [5.74, 6) is 1.19. The highest BCUT2D eigenvalue weighted by Crippen LogP contribution is 2.28. The molecule has 2 aromatic carbocycles. The van der Waals surface area contributed by atoms with E-state index in [1.807, 2.05) is 59.8 Å². The highest BCUT2D eigenvalue weighted by molar-refractivity contribution is 6.03. The minimum Gasteiger partial charge on any atom is -0.496 e. The van der Waals surface area contributed by atoms with Crippen LogP contribution in [-0.2, 0) is 18.4 Å². The number of rotatable bonds is 6. The Bertz CT molecular complexity index is 1140. The molecule has 1 N–H and O–H groups in total. The summed E-state index contributed by atoms with van der Waals surface area (Å²) in [5.41, 5.74) is 4.35. The highest BCUT2D eigenvalue weighted by atomic mass is 16.5. The van der Waals surface area contributed by atoms with Crippen LogP contribution in [0, 0.1) is 6.92 Å². The van der Waals surface area contributed by atoms with Crippen molar-refractivity contribution in [2.75, 3.05) is 19.0 Å². The lowest BCUT2D eigenvalue weighted by atomic mass is 10.1. The lowest BCUT2D eigenvalue weighted by Gasteiger charge is -2.16. The topological polar surface area (TPSA) is 76.5 Å². The van der Waals surface area contributed by atoms with Gasteiger partial charge in [0, 0.05) is 37.7 Å². The third-order valence-corrected chi connectivity index (χ3v) is 5.65. The van der Waals surface area contributed by atoms with Crippen LogP contribution in [0.3, 0.4) is 0 Å². The molecule has 1 saturated heterocycles. The van der Waals surface area contributed by atoms with Gasteiger partial charge in [0.2, 0.25) is 11.9 Å². The second-order valence-electron chi connectivity index (χ2n) is 7.78. The average molecular weight is 418 g/mol. The second kappa shape index (κ2) is 8.63. The maximum absolute atomic E-state index is 12.8. The number of anilines is 1. The van der Waals surface area contributed by atoms with Crippen molar-refractivity contribution in [3.05, 3.63) is 65.4 Å². The van der Waals surface area contributed by atoms with Crippen LogP contribution in [0.25, 0.3) is 11.3 Å². The van der Waals surface area contributed by atoms with E-state index in [0.717, 1.165) is 41.1 Å². The van der Waals surface area contributed by atoms with E-state index in [4.69, 9.17) is 4.74 Å². The Balaban J connectivity index is 1.51. The van der Waals surface area contributed by atoms with Crippen LogP contribution < -0.4 is 10.1 Å². The first-order valence-corrected chi connectivity index (χ1v) is 10.3. The molecule has 2 amide bonds. The lowest BCUT2D eigenvalue weighted by Crippen LogP contribution is -2.24. The quantitative estimate of drug-likeness (QED) is 0.661. The molecule has 0 unspecified atom stereocenters. The molecule has 1 aliphatic rings. The molecule has 3 aromatic rings. The molecule has 0 saturated carbocycles. The van der Waals surface area contributed by atoms with Gasteiger partial charge >= 0.3 is 0 Å². The monoisotopic (exact) mass is 418 g/mol. The number of carbonyl (C=O) groups excluding carboxylic acids is 2. The number of carbonyl (C=O) groups is 2. The molecule has 0 spiro atoms. The largest absolute Gasteiger partial charge is 0.496 e. The summed E-state index contributed by atoms with van der Waals surface area (Å²) in [6.45, 7) is 3.29. The number of amides is 2. The summed E-state index contributed by atoms with van der Waals surface area (Å²) in [6.07, 6.45) is 3.23. The van der Waals surface area contributed by atoms with Crippen molar-refractivity contribution in [3.8, 4) is 17.0 Å². The van der Waals surface area contributed by atoms with Crippen LogP contribution >= 0.6 is 0 Å². The highest BCUT2D eigenvalue weighted by Gasteiger charge is 2.20. The fourth-order valence-corrected chi connectivity index (χ4v) is 3.85. The van der Waals surface area contributed by atoms with E-state index >= 15 is 0 Å². The SMILES string of the molecule is COc1cc(-c2cnc(NC(=O)c3cccc(CN4CCCC4=O)c3)n2C)ccc1C. The zero-order chi connectivity index (χ0) is 22.0. The van der Waals surface area contributed by atoms with Crippen molar-refractivity contribution in [2.24, 2.45) is 7.05 Å². The zero-order valence-electron chi connectivity index (χ0n) is 18.0. The number of methoxy groups -OCH3 is 1. The van der Waals surface area contributed by atoms with Crippen molar-refractivity contribution in [2.45, 2.75) is 26.3 Å². The van der Waals surface area contributed by atoms with Crippen LogP contribution in [0.5, 0.6) is 5.75 Å². The molecule has 160 valence electrons. The minimum atomic E-state index is -0.240. The molecule has 4 rings (SSSR count). The van der Waals surface area contributed by atoms with Gasteiger partial charge in [0.15, 0.2) is 0 Å². The van der Waals surface area contributed by atoms with Gasteiger partial charge in [-0.05, 0) is 42.7 Å². The van der Waals surface area contributed by atoms with Crippen molar-refractivity contribution < 1.29 is 14.3 Å². The first-order valence-electron chi connectivity index (χ1n) is 10.3. The predicted octanol–water partition coefficient (Wildman–Crippen LogP) is 3.78. The number of ether oxygens (including phenoxy) is 1. The normalized spacial score (nSPS) is 13.5. The van der Waals surface area contributed by atoms with Crippen LogP contribution in [-0.4, -0.2) is 39.9 Å². The number of hydrogen-bond acceptors (Lipinski definition) is 4. The van der Waals surface area contributed by atoms with Gasteiger partial charge in [0.1, 0.15) is 5.75 Å². The number of likely N-dealkylation sites (tertiary alicyclic amines) is 1. The van der Waals surface area contributed by atoms with Crippen LogP contribution in [0.4, 0.5) is 5.95 Å². The Hall–Kier alpha value is -3.61. The van der Waals surface area contributed by atoms with Gasteiger partial charge in [0.25, 0.3) is 5.91 Å². The molecule has 0 bridgehead atoms. The molecule has 1 aliphatic heterocycles. The summed E-state index contributed by atoms with van der Waals surface area (Å²) < 4.78 is 7.26. The number of aromatic nitrogens is 2. The van der Waals surface area contributed by atoms with Crippen molar-refractivity contribution >= 4 is 17.8 Å². The molecular weight excluding hydrogens is 392 g/mol. The second-order valence-corrected chi connectivity index (χ2v) is 7.78. The standard InChI is InChI=1S/C24H26N4O3/c1-16-9-10-18(13-21(16)31-3)20-14-25-24(27(20)2)26-23(30)19-7-4-6-17(12-19)15-28-11-5-8-22(28)29/h4,6-7,9-10,12-14H,5,8,11,15H2,1-3H3,(H,25,26,30). The van der Waals surface area contributed by atoms with E-state index in [9.17, 15) is 9.59 Å². The van der Waals surface area contributed by atoms with Crippen molar-refractivity contribution in [1.29, 1.82) is 0 Å². The smallest absolute Gasteiger partial charge is 0.257 e. The van der Waals surface area contributed by atoms with E-state index in [1.54, 1.807) is 19.4 Å². The summed E-state index contributed by atoms with van der Waals surface area (Å²) in [6, 6.07) is 13.3. The first kappa shape index (κ1) is 20.7. The first-order chi connectivity index (χ1) is 15.0. The fraction of sp³-hybridized carbons (Fsp3) is 0.292. The maximum Gasteiger partial charge on any atom is 0.257 e. The van der Waals surface area contributed by atoms with Crippen LogP contribution in [0.15, 0.2) is 48.7 Å². The molecule has 1 fully saturated rings. The fourth-order valence-electron chi connectivity index (χ4n) is 3.85. The Kier molecular flexibility index (Phi) is 5.75. The number of aryl methyl sites for hydroxylation is 1. The summed E-state index contributed by atoms with van der Waals surface area (Å²) >= 11 is 0. The molecule has 7 nitrogen and oxygen atoms in total. The van der Waals surface area contributed by atoms with E-state index in [-0.39, 0.29) is 11.8 Å². The number of hydrogen-bond donors (Lipinski definition) is 1. The van der Waals surface area contributed by atoms with E-state index in [2.05, 4.69) is 10.3 Å². The Labute approximate surface area is 181 Å². The lowest BCUT2D eigenvalue weighted by molar-refractivity contribution is -0.128. The van der Waals surface area contributed by atoms with Crippen LogP contribution in [0.1, 0.15) is 34.3 Å². The molecule has 31 heavy (non-hydrogen) atoms. The molecule has 1 aromatic heterocycles. The predicted molar refractivity (Wildman–Crippen MR) is 119 cm³/mol. The van der Waals surface area contributed by atoms with E-state index in [1.165, 1.54) is 0 Å².